The standard InChI is InChI=1S/C18H13N3O3/c19-8-10-21-15(13-7-4-9-20-11-13)14(17(23)18(21)24)16(22)12-5-2-1-3-6-12/h1-7,9,11,15,22H,10H2. The van der Waals surface area contributed by atoms with Crippen molar-refractivity contribution in [1.29, 1.82) is 5.26 Å². The number of amides is 1. The second-order valence-electron chi connectivity index (χ2n) is 5.24. The van der Waals surface area contributed by atoms with Crippen LogP contribution in [-0.4, -0.2) is 33.2 Å². The molecule has 1 unspecified atom stereocenters. The lowest BCUT2D eigenvalue weighted by Crippen LogP contribution is -2.30. The number of Topliss-reactive ketones (excluding diaryl/α,β-unsaturated/α-hetero) is 1. The van der Waals surface area contributed by atoms with Crippen molar-refractivity contribution in [2.45, 2.75) is 6.04 Å². The Balaban J connectivity index is 2.20. The number of ketones is 1. The molecule has 1 N–H and O–H groups in total. The molecule has 2 heterocycles. The van der Waals surface area contributed by atoms with Crippen LogP contribution in [0.1, 0.15) is 17.2 Å². The van der Waals surface area contributed by atoms with Crippen molar-refractivity contribution in [3.05, 3.63) is 71.6 Å². The number of carbonyl (C=O) groups is 2. The first-order valence-corrected chi connectivity index (χ1v) is 7.26. The van der Waals surface area contributed by atoms with Gasteiger partial charge in [-0.2, -0.15) is 5.26 Å². The minimum atomic E-state index is -0.835. The predicted molar refractivity (Wildman–Crippen MR) is 85.3 cm³/mol. The van der Waals surface area contributed by atoms with Gasteiger partial charge >= 0.3 is 0 Å². The number of nitrogens with zero attached hydrogens (tertiary/aromatic N) is 3. The first-order chi connectivity index (χ1) is 11.6. The van der Waals surface area contributed by atoms with Crippen LogP contribution in [-0.2, 0) is 9.59 Å². The molecule has 1 saturated heterocycles. The van der Waals surface area contributed by atoms with Crippen molar-refractivity contribution in [3.63, 3.8) is 0 Å². The quantitative estimate of drug-likeness (QED) is 0.404. The fourth-order valence-corrected chi connectivity index (χ4v) is 2.76. The lowest BCUT2D eigenvalue weighted by atomic mass is 9.96. The highest BCUT2D eigenvalue weighted by molar-refractivity contribution is 6.46. The Morgan fingerprint density at radius 1 is 1.21 bits per heavy atom. The molecule has 1 atom stereocenters. The normalized spacial score (nSPS) is 19.3. The Morgan fingerprint density at radius 2 is 1.96 bits per heavy atom. The monoisotopic (exact) mass is 319 g/mol. The van der Waals surface area contributed by atoms with Crippen LogP contribution >= 0.6 is 0 Å². The molecule has 2 aromatic rings. The van der Waals surface area contributed by atoms with Crippen LogP contribution in [0.25, 0.3) is 5.76 Å². The lowest BCUT2D eigenvalue weighted by molar-refractivity contribution is -0.139. The maximum Gasteiger partial charge on any atom is 0.296 e. The number of benzene rings is 1. The minimum Gasteiger partial charge on any atom is -0.507 e. The Hall–Kier alpha value is -3.46. The SMILES string of the molecule is N#CCN1C(=O)C(=O)C(=C(O)c2ccccc2)C1c1cccnc1. The fraction of sp³-hybridized carbons (Fsp3) is 0.111. The molecule has 3 rings (SSSR count). The van der Waals surface area contributed by atoms with Crippen molar-refractivity contribution in [1.82, 2.24) is 9.88 Å². The van der Waals surface area contributed by atoms with Gasteiger partial charge in [0.25, 0.3) is 11.7 Å². The number of carbonyl (C=O) groups excluding carboxylic acids is 2. The molecule has 6 nitrogen and oxygen atoms in total. The average molecular weight is 319 g/mol. The van der Waals surface area contributed by atoms with Gasteiger partial charge in [-0.1, -0.05) is 36.4 Å². The number of pyridine rings is 1. The van der Waals surface area contributed by atoms with E-state index in [2.05, 4.69) is 4.98 Å². The van der Waals surface area contributed by atoms with Gasteiger partial charge in [0.2, 0.25) is 0 Å². The summed E-state index contributed by atoms with van der Waals surface area (Å²) >= 11 is 0. The number of hydrogen-bond acceptors (Lipinski definition) is 5. The number of rotatable bonds is 3. The number of aromatic nitrogens is 1. The zero-order valence-electron chi connectivity index (χ0n) is 12.6. The van der Waals surface area contributed by atoms with Crippen LogP contribution in [0.3, 0.4) is 0 Å². The van der Waals surface area contributed by atoms with E-state index in [1.54, 1.807) is 48.7 Å². The molecule has 24 heavy (non-hydrogen) atoms. The first kappa shape index (κ1) is 15.4. The molecule has 118 valence electrons. The summed E-state index contributed by atoms with van der Waals surface area (Å²) in [6, 6.07) is 12.9. The Labute approximate surface area is 138 Å². The fourth-order valence-electron chi connectivity index (χ4n) is 2.76. The van der Waals surface area contributed by atoms with Gasteiger partial charge in [0.05, 0.1) is 17.7 Å². The second kappa shape index (κ2) is 6.34. The van der Waals surface area contributed by atoms with Crippen LogP contribution in [0, 0.1) is 11.3 Å². The summed E-state index contributed by atoms with van der Waals surface area (Å²) in [4.78, 5) is 29.9. The van der Waals surface area contributed by atoms with E-state index < -0.39 is 17.7 Å². The summed E-state index contributed by atoms with van der Waals surface area (Å²) in [6.07, 6.45) is 3.08. The maximum absolute atomic E-state index is 12.5. The van der Waals surface area contributed by atoms with Gasteiger partial charge in [-0.25, -0.2) is 0 Å². The van der Waals surface area contributed by atoms with Crippen molar-refractivity contribution in [3.8, 4) is 6.07 Å². The van der Waals surface area contributed by atoms with Crippen LogP contribution in [0.15, 0.2) is 60.4 Å². The highest BCUT2D eigenvalue weighted by Gasteiger charge is 2.46. The highest BCUT2D eigenvalue weighted by atomic mass is 16.3. The average Bonchev–Trinajstić information content (AvgIpc) is 2.88. The van der Waals surface area contributed by atoms with Gasteiger partial charge in [-0.3, -0.25) is 14.6 Å². The smallest absolute Gasteiger partial charge is 0.296 e. The van der Waals surface area contributed by atoms with E-state index in [-0.39, 0.29) is 17.9 Å². The van der Waals surface area contributed by atoms with E-state index in [1.165, 1.54) is 6.20 Å². The maximum atomic E-state index is 12.5. The molecule has 0 bridgehead atoms. The molecular formula is C18H13N3O3. The third-order valence-corrected chi connectivity index (χ3v) is 3.83. The van der Waals surface area contributed by atoms with E-state index in [9.17, 15) is 14.7 Å². The van der Waals surface area contributed by atoms with Gasteiger partial charge in [-0.05, 0) is 11.6 Å². The van der Waals surface area contributed by atoms with Crippen LogP contribution in [0.5, 0.6) is 0 Å². The van der Waals surface area contributed by atoms with Crippen LogP contribution < -0.4 is 0 Å². The molecule has 1 aromatic heterocycles. The van der Waals surface area contributed by atoms with Crippen LogP contribution in [0.2, 0.25) is 0 Å². The van der Waals surface area contributed by atoms with Crippen LogP contribution in [0.4, 0.5) is 0 Å². The zero-order valence-corrected chi connectivity index (χ0v) is 12.6. The molecule has 6 heteroatoms. The van der Waals surface area contributed by atoms with Gasteiger partial charge < -0.3 is 10.0 Å². The molecular weight excluding hydrogens is 306 g/mol. The molecule has 0 radical (unpaired) electrons. The summed E-state index contributed by atoms with van der Waals surface area (Å²) in [5, 5.41) is 19.6. The number of hydrogen-bond donors (Lipinski definition) is 1. The molecule has 1 fully saturated rings. The van der Waals surface area contributed by atoms with Gasteiger partial charge in [0.15, 0.2) is 0 Å². The lowest BCUT2D eigenvalue weighted by Gasteiger charge is -2.22. The summed E-state index contributed by atoms with van der Waals surface area (Å²) in [5.41, 5.74) is 0.959. The first-order valence-electron chi connectivity index (χ1n) is 7.26. The Bertz CT molecular complexity index is 854. The van der Waals surface area contributed by atoms with E-state index in [0.717, 1.165) is 4.90 Å². The Kier molecular flexibility index (Phi) is 4.08. The summed E-state index contributed by atoms with van der Waals surface area (Å²) in [6.45, 7) is -0.254. The minimum absolute atomic E-state index is 0.0329. The summed E-state index contributed by atoms with van der Waals surface area (Å²) < 4.78 is 0. The topological polar surface area (TPSA) is 94.3 Å². The largest absolute Gasteiger partial charge is 0.507 e. The summed E-state index contributed by atoms with van der Waals surface area (Å²) in [7, 11) is 0. The van der Waals surface area contributed by atoms with Crippen molar-refractivity contribution in [2.75, 3.05) is 6.54 Å². The number of aliphatic hydroxyl groups excluding tert-OH is 1. The molecule has 0 spiro atoms. The molecule has 1 amide bonds. The highest BCUT2D eigenvalue weighted by Crippen LogP contribution is 2.38. The Morgan fingerprint density at radius 3 is 2.58 bits per heavy atom. The number of likely N-dealkylation sites (tertiary alicyclic amines) is 1. The van der Waals surface area contributed by atoms with Gasteiger partial charge in [-0.15, -0.1) is 0 Å². The number of aliphatic hydroxyl groups is 1. The molecule has 1 aliphatic rings. The van der Waals surface area contributed by atoms with E-state index >= 15 is 0 Å². The van der Waals surface area contributed by atoms with Gasteiger partial charge in [0.1, 0.15) is 12.3 Å². The van der Waals surface area contributed by atoms with E-state index in [4.69, 9.17) is 5.26 Å². The van der Waals surface area contributed by atoms with E-state index in [1.807, 2.05) is 6.07 Å². The third kappa shape index (κ3) is 2.52. The molecule has 0 aliphatic carbocycles. The van der Waals surface area contributed by atoms with Gasteiger partial charge in [0, 0.05) is 18.0 Å². The molecule has 1 aromatic carbocycles. The second-order valence-corrected chi connectivity index (χ2v) is 5.24. The molecule has 0 saturated carbocycles. The zero-order chi connectivity index (χ0) is 17.1. The van der Waals surface area contributed by atoms with Crippen molar-refractivity contribution >= 4 is 17.4 Å². The van der Waals surface area contributed by atoms with E-state index in [0.29, 0.717) is 11.1 Å². The predicted octanol–water partition coefficient (Wildman–Crippen LogP) is 2.03. The number of nitriles is 1. The van der Waals surface area contributed by atoms with Crippen molar-refractivity contribution < 1.29 is 14.7 Å². The summed E-state index contributed by atoms with van der Waals surface area (Å²) in [5.74, 6) is -1.87. The third-order valence-electron chi connectivity index (χ3n) is 3.83. The molecule has 1 aliphatic heterocycles. The van der Waals surface area contributed by atoms with Crippen molar-refractivity contribution in [2.24, 2.45) is 0 Å².